The minimum absolute atomic E-state index is 0.0247. The van der Waals surface area contributed by atoms with Crippen molar-refractivity contribution in [2.75, 3.05) is 25.0 Å². The van der Waals surface area contributed by atoms with Crippen LogP contribution < -0.4 is 10.1 Å². The Balaban J connectivity index is 1.56. The lowest BCUT2D eigenvalue weighted by atomic mass is 10.1. The van der Waals surface area contributed by atoms with Gasteiger partial charge in [0.1, 0.15) is 5.75 Å². The van der Waals surface area contributed by atoms with Crippen LogP contribution in [0.15, 0.2) is 48.5 Å². The van der Waals surface area contributed by atoms with Crippen molar-refractivity contribution in [2.24, 2.45) is 0 Å². The molecule has 2 aromatic carbocycles. The second-order valence-corrected chi connectivity index (χ2v) is 6.58. The molecular weight excluding hydrogens is 328 g/mol. The summed E-state index contributed by atoms with van der Waals surface area (Å²) >= 11 is 0. The molecule has 1 aliphatic rings. The highest BCUT2D eigenvalue weighted by molar-refractivity contribution is 5.97. The van der Waals surface area contributed by atoms with E-state index in [0.717, 1.165) is 31.5 Å². The minimum atomic E-state index is -0.256. The predicted molar refractivity (Wildman–Crippen MR) is 102 cm³/mol. The van der Waals surface area contributed by atoms with Crippen LogP contribution in [0.5, 0.6) is 5.75 Å². The summed E-state index contributed by atoms with van der Waals surface area (Å²) in [5.74, 6) is 0.421. The maximum atomic E-state index is 12.6. The van der Waals surface area contributed by atoms with Crippen LogP contribution in [0.25, 0.3) is 0 Å². The number of anilines is 1. The molecule has 2 aromatic rings. The maximum absolute atomic E-state index is 12.6. The third-order valence-electron chi connectivity index (χ3n) is 4.43. The largest absolute Gasteiger partial charge is 0.484 e. The molecule has 5 nitrogen and oxygen atoms in total. The molecule has 5 heteroatoms. The zero-order valence-electron chi connectivity index (χ0n) is 15.0. The van der Waals surface area contributed by atoms with Gasteiger partial charge in [-0.15, -0.1) is 0 Å². The summed E-state index contributed by atoms with van der Waals surface area (Å²) in [6, 6.07) is 14.6. The molecule has 0 spiro atoms. The van der Waals surface area contributed by atoms with E-state index in [1.54, 1.807) is 24.3 Å². The summed E-state index contributed by atoms with van der Waals surface area (Å²) in [6.07, 6.45) is 3.29. The van der Waals surface area contributed by atoms with Crippen molar-refractivity contribution < 1.29 is 14.3 Å². The molecule has 0 saturated carbocycles. The topological polar surface area (TPSA) is 58.6 Å². The molecule has 1 N–H and O–H groups in total. The third-order valence-corrected chi connectivity index (χ3v) is 4.43. The summed E-state index contributed by atoms with van der Waals surface area (Å²) in [5, 5.41) is 2.79. The standard InChI is InChI=1S/C21H24N2O3/c1-16-8-10-19(11-9-16)26-15-20(24)22-18-7-5-6-17(14-18)21(25)23-12-3-2-4-13-23/h5-11,14H,2-4,12-13,15H2,1H3,(H,22,24). The van der Waals surface area contributed by atoms with Gasteiger partial charge in [-0.2, -0.15) is 0 Å². The van der Waals surface area contributed by atoms with Crippen LogP contribution >= 0.6 is 0 Å². The van der Waals surface area contributed by atoms with Crippen LogP contribution in [0, 0.1) is 6.92 Å². The van der Waals surface area contributed by atoms with Crippen LogP contribution in [0.3, 0.4) is 0 Å². The van der Waals surface area contributed by atoms with Crippen molar-refractivity contribution in [3.63, 3.8) is 0 Å². The number of amides is 2. The van der Waals surface area contributed by atoms with Crippen molar-refractivity contribution in [3.05, 3.63) is 59.7 Å². The van der Waals surface area contributed by atoms with Crippen molar-refractivity contribution in [2.45, 2.75) is 26.2 Å². The zero-order chi connectivity index (χ0) is 18.4. The molecule has 1 heterocycles. The fraction of sp³-hybridized carbons (Fsp3) is 0.333. The smallest absolute Gasteiger partial charge is 0.262 e. The normalized spacial score (nSPS) is 14.0. The number of aryl methyl sites for hydroxylation is 1. The van der Waals surface area contributed by atoms with E-state index >= 15 is 0 Å². The van der Waals surface area contributed by atoms with E-state index in [2.05, 4.69) is 5.32 Å². The molecule has 0 atom stereocenters. The fourth-order valence-electron chi connectivity index (χ4n) is 2.99. The predicted octanol–water partition coefficient (Wildman–Crippen LogP) is 3.64. The molecule has 0 bridgehead atoms. The average molecular weight is 352 g/mol. The lowest BCUT2D eigenvalue weighted by Gasteiger charge is -2.26. The van der Waals surface area contributed by atoms with Crippen LogP contribution in [-0.2, 0) is 4.79 Å². The number of piperidine rings is 1. The number of carbonyl (C=O) groups is 2. The molecule has 26 heavy (non-hydrogen) atoms. The fourth-order valence-corrected chi connectivity index (χ4v) is 2.99. The van der Waals surface area contributed by atoms with Crippen LogP contribution in [-0.4, -0.2) is 36.4 Å². The van der Waals surface area contributed by atoms with E-state index in [9.17, 15) is 9.59 Å². The van der Waals surface area contributed by atoms with E-state index in [0.29, 0.717) is 17.0 Å². The minimum Gasteiger partial charge on any atom is -0.484 e. The van der Waals surface area contributed by atoms with Gasteiger partial charge in [-0.25, -0.2) is 0 Å². The van der Waals surface area contributed by atoms with E-state index in [4.69, 9.17) is 4.74 Å². The lowest BCUT2D eigenvalue weighted by molar-refractivity contribution is -0.118. The Hall–Kier alpha value is -2.82. The lowest BCUT2D eigenvalue weighted by Crippen LogP contribution is -2.35. The molecule has 1 fully saturated rings. The zero-order valence-corrected chi connectivity index (χ0v) is 15.0. The number of nitrogens with one attached hydrogen (secondary N) is 1. The van der Waals surface area contributed by atoms with E-state index in [-0.39, 0.29) is 18.4 Å². The van der Waals surface area contributed by atoms with Crippen LogP contribution in [0.2, 0.25) is 0 Å². The Morgan fingerprint density at radius 3 is 2.50 bits per heavy atom. The summed E-state index contributed by atoms with van der Waals surface area (Å²) in [5.41, 5.74) is 2.34. The SMILES string of the molecule is Cc1ccc(OCC(=O)Nc2cccc(C(=O)N3CCCCC3)c2)cc1. The van der Waals surface area contributed by atoms with Gasteiger partial charge < -0.3 is 15.0 Å². The van der Waals surface area contributed by atoms with Gasteiger partial charge in [0.05, 0.1) is 0 Å². The van der Waals surface area contributed by atoms with Gasteiger partial charge in [0.25, 0.3) is 11.8 Å². The molecule has 2 amide bonds. The summed E-state index contributed by atoms with van der Waals surface area (Å²) in [4.78, 5) is 26.5. The van der Waals surface area contributed by atoms with Gasteiger partial charge in [0.2, 0.25) is 0 Å². The van der Waals surface area contributed by atoms with Gasteiger partial charge in [-0.1, -0.05) is 23.8 Å². The Labute approximate surface area is 154 Å². The molecule has 0 aliphatic carbocycles. The van der Waals surface area contributed by atoms with Crippen molar-refractivity contribution >= 4 is 17.5 Å². The first kappa shape index (κ1) is 18.0. The van der Waals surface area contributed by atoms with E-state index in [1.165, 1.54) is 6.42 Å². The summed E-state index contributed by atoms with van der Waals surface area (Å²) in [6.45, 7) is 3.53. The first-order chi connectivity index (χ1) is 12.6. The molecule has 136 valence electrons. The molecule has 3 rings (SSSR count). The Bertz CT molecular complexity index is 765. The second kappa shape index (κ2) is 8.52. The first-order valence-electron chi connectivity index (χ1n) is 9.00. The van der Waals surface area contributed by atoms with Gasteiger partial charge in [-0.05, 0) is 56.5 Å². The Kier molecular flexibility index (Phi) is 5.89. The number of carbonyl (C=O) groups excluding carboxylic acids is 2. The molecule has 1 saturated heterocycles. The second-order valence-electron chi connectivity index (χ2n) is 6.58. The Morgan fingerprint density at radius 2 is 1.77 bits per heavy atom. The summed E-state index contributed by atoms with van der Waals surface area (Å²) in [7, 11) is 0. The van der Waals surface area contributed by atoms with E-state index < -0.39 is 0 Å². The number of nitrogens with zero attached hydrogens (tertiary/aromatic N) is 1. The van der Waals surface area contributed by atoms with Crippen molar-refractivity contribution in [3.8, 4) is 5.75 Å². The molecule has 0 unspecified atom stereocenters. The Morgan fingerprint density at radius 1 is 1.04 bits per heavy atom. The molecular formula is C21H24N2O3. The van der Waals surface area contributed by atoms with Gasteiger partial charge in [0.15, 0.2) is 6.61 Å². The van der Waals surface area contributed by atoms with Crippen LogP contribution in [0.1, 0.15) is 35.2 Å². The number of rotatable bonds is 5. The van der Waals surface area contributed by atoms with Crippen molar-refractivity contribution in [1.29, 1.82) is 0 Å². The number of hydrogen-bond donors (Lipinski definition) is 1. The maximum Gasteiger partial charge on any atom is 0.262 e. The summed E-state index contributed by atoms with van der Waals surface area (Å²) < 4.78 is 5.48. The number of likely N-dealkylation sites (tertiary alicyclic amines) is 1. The molecule has 0 aromatic heterocycles. The van der Waals surface area contributed by atoms with E-state index in [1.807, 2.05) is 36.1 Å². The highest BCUT2D eigenvalue weighted by Gasteiger charge is 2.18. The van der Waals surface area contributed by atoms with Crippen molar-refractivity contribution in [1.82, 2.24) is 4.90 Å². The quantitative estimate of drug-likeness (QED) is 0.894. The molecule has 0 radical (unpaired) electrons. The molecule has 1 aliphatic heterocycles. The number of hydrogen-bond acceptors (Lipinski definition) is 3. The average Bonchev–Trinajstić information content (AvgIpc) is 2.68. The monoisotopic (exact) mass is 352 g/mol. The highest BCUT2D eigenvalue weighted by atomic mass is 16.5. The van der Waals surface area contributed by atoms with Crippen LogP contribution in [0.4, 0.5) is 5.69 Å². The number of benzene rings is 2. The van der Waals surface area contributed by atoms with Gasteiger partial charge in [-0.3, -0.25) is 9.59 Å². The first-order valence-corrected chi connectivity index (χ1v) is 9.00. The third kappa shape index (κ3) is 4.85. The number of ether oxygens (including phenoxy) is 1. The van der Waals surface area contributed by atoms with Gasteiger partial charge >= 0.3 is 0 Å². The highest BCUT2D eigenvalue weighted by Crippen LogP contribution is 2.17. The van der Waals surface area contributed by atoms with Gasteiger partial charge in [0, 0.05) is 24.3 Å².